The van der Waals surface area contributed by atoms with Gasteiger partial charge in [0.05, 0.1) is 0 Å². The topological polar surface area (TPSA) is 50.1 Å². The number of aromatic nitrogens is 1. The smallest absolute Gasteiger partial charge is 0.175 e. The third-order valence-electron chi connectivity index (χ3n) is 1.65. The summed E-state index contributed by atoms with van der Waals surface area (Å²) in [5, 5.41) is 9.58. The van der Waals surface area contributed by atoms with Crippen molar-refractivity contribution in [3.8, 4) is 0 Å². The van der Waals surface area contributed by atoms with Crippen LogP contribution in [-0.2, 0) is 0 Å². The summed E-state index contributed by atoms with van der Waals surface area (Å²) in [6, 6.07) is 1.85. The van der Waals surface area contributed by atoms with Gasteiger partial charge in [0.2, 0.25) is 0 Å². The fourth-order valence-electron chi connectivity index (χ4n) is 0.934. The molecule has 0 atom stereocenters. The van der Waals surface area contributed by atoms with E-state index in [-0.39, 0.29) is 0 Å². The Bertz CT molecular complexity index is 328. The number of nitrogens with one attached hydrogen (secondary N) is 2. The van der Waals surface area contributed by atoms with Gasteiger partial charge in [-0.1, -0.05) is 32.2 Å². The van der Waals surface area contributed by atoms with Crippen molar-refractivity contribution < 1.29 is 4.52 Å². The lowest BCUT2D eigenvalue weighted by atomic mass is 10.2. The Balaban J connectivity index is 2.59. The van der Waals surface area contributed by atoms with E-state index < -0.39 is 0 Å². The fourth-order valence-corrected chi connectivity index (χ4v) is 0.934. The van der Waals surface area contributed by atoms with Gasteiger partial charge in [0, 0.05) is 12.0 Å². The van der Waals surface area contributed by atoms with Crippen molar-refractivity contribution in [1.82, 2.24) is 10.5 Å². The molecule has 0 aliphatic rings. The maximum absolute atomic E-state index is 5.10. The SMILES string of the molecule is C=CNC(=C)Nc1cc(C(C)C)on1. The maximum atomic E-state index is 5.10. The zero-order valence-corrected chi connectivity index (χ0v) is 8.50. The van der Waals surface area contributed by atoms with Crippen molar-refractivity contribution in [3.63, 3.8) is 0 Å². The van der Waals surface area contributed by atoms with Crippen molar-refractivity contribution in [1.29, 1.82) is 0 Å². The van der Waals surface area contributed by atoms with Crippen LogP contribution >= 0.6 is 0 Å². The third kappa shape index (κ3) is 2.65. The molecule has 0 bridgehead atoms. The van der Waals surface area contributed by atoms with Crippen LogP contribution in [0.3, 0.4) is 0 Å². The van der Waals surface area contributed by atoms with Crippen molar-refractivity contribution in [2.45, 2.75) is 19.8 Å². The van der Waals surface area contributed by atoms with E-state index in [4.69, 9.17) is 4.52 Å². The van der Waals surface area contributed by atoms with E-state index in [1.165, 1.54) is 0 Å². The normalized spacial score (nSPS) is 9.93. The van der Waals surface area contributed by atoms with E-state index in [2.05, 4.69) is 28.9 Å². The molecule has 4 nitrogen and oxygen atoms in total. The lowest BCUT2D eigenvalue weighted by molar-refractivity contribution is 0.373. The Morgan fingerprint density at radius 3 is 2.86 bits per heavy atom. The molecular formula is C10H15N3O. The van der Waals surface area contributed by atoms with E-state index in [0.29, 0.717) is 17.6 Å². The summed E-state index contributed by atoms with van der Waals surface area (Å²) < 4.78 is 5.10. The molecule has 0 radical (unpaired) electrons. The van der Waals surface area contributed by atoms with Crippen LogP contribution in [0.2, 0.25) is 0 Å². The highest BCUT2D eigenvalue weighted by Gasteiger charge is 2.07. The van der Waals surface area contributed by atoms with Crippen LogP contribution in [0.1, 0.15) is 25.5 Å². The minimum Gasteiger partial charge on any atom is -0.359 e. The van der Waals surface area contributed by atoms with Gasteiger partial charge in [-0.05, 0) is 6.20 Å². The van der Waals surface area contributed by atoms with Gasteiger partial charge in [0.25, 0.3) is 0 Å². The van der Waals surface area contributed by atoms with Crippen molar-refractivity contribution >= 4 is 5.82 Å². The first kappa shape index (κ1) is 10.4. The molecule has 0 saturated heterocycles. The molecule has 4 heteroatoms. The van der Waals surface area contributed by atoms with E-state index in [1.54, 1.807) is 6.20 Å². The number of rotatable bonds is 5. The number of anilines is 1. The summed E-state index contributed by atoms with van der Waals surface area (Å²) in [5.74, 6) is 2.44. The van der Waals surface area contributed by atoms with E-state index >= 15 is 0 Å². The summed E-state index contributed by atoms with van der Waals surface area (Å²) in [6.07, 6.45) is 1.54. The summed E-state index contributed by atoms with van der Waals surface area (Å²) in [7, 11) is 0. The second-order valence-corrected chi connectivity index (χ2v) is 3.22. The van der Waals surface area contributed by atoms with Crippen LogP contribution in [0.5, 0.6) is 0 Å². The standard InChI is InChI=1S/C10H15N3O/c1-5-11-8(4)12-10-6-9(7(2)3)14-13-10/h5-7,11H,1,4H2,2-3H3,(H,12,13). The van der Waals surface area contributed by atoms with Crippen LogP contribution in [0, 0.1) is 0 Å². The summed E-state index contributed by atoms with van der Waals surface area (Å²) in [6.45, 7) is 11.3. The van der Waals surface area contributed by atoms with Crippen LogP contribution in [0.15, 0.2) is 35.8 Å². The molecule has 0 fully saturated rings. The highest BCUT2D eigenvalue weighted by Crippen LogP contribution is 2.18. The minimum atomic E-state index is 0.332. The summed E-state index contributed by atoms with van der Waals surface area (Å²) in [4.78, 5) is 0. The molecular weight excluding hydrogens is 178 g/mol. The number of hydrogen-bond donors (Lipinski definition) is 2. The van der Waals surface area contributed by atoms with Gasteiger partial charge in [0.1, 0.15) is 11.6 Å². The molecule has 0 aliphatic heterocycles. The van der Waals surface area contributed by atoms with Gasteiger partial charge in [-0.2, -0.15) is 0 Å². The molecule has 1 heterocycles. The molecule has 1 rings (SSSR count). The average Bonchev–Trinajstić information content (AvgIpc) is 2.53. The first-order valence-electron chi connectivity index (χ1n) is 4.43. The van der Waals surface area contributed by atoms with Gasteiger partial charge in [-0.3, -0.25) is 0 Å². The average molecular weight is 193 g/mol. The molecule has 0 unspecified atom stereocenters. The predicted molar refractivity (Wildman–Crippen MR) is 56.7 cm³/mol. The molecule has 0 amide bonds. The Hall–Kier alpha value is -1.71. The Kier molecular flexibility index (Phi) is 3.34. The van der Waals surface area contributed by atoms with Crippen LogP contribution in [0.25, 0.3) is 0 Å². The molecule has 0 aromatic carbocycles. The van der Waals surface area contributed by atoms with E-state index in [9.17, 15) is 0 Å². The molecule has 0 saturated carbocycles. The lowest BCUT2D eigenvalue weighted by Gasteiger charge is -2.03. The van der Waals surface area contributed by atoms with Gasteiger partial charge < -0.3 is 15.2 Å². The van der Waals surface area contributed by atoms with Crippen molar-refractivity contribution in [3.05, 3.63) is 37.0 Å². The van der Waals surface area contributed by atoms with Crippen molar-refractivity contribution in [2.24, 2.45) is 0 Å². The molecule has 0 spiro atoms. The van der Waals surface area contributed by atoms with Crippen LogP contribution in [-0.4, -0.2) is 5.16 Å². The highest BCUT2D eigenvalue weighted by atomic mass is 16.5. The Labute approximate surface area is 83.7 Å². The largest absolute Gasteiger partial charge is 0.359 e. The Morgan fingerprint density at radius 1 is 1.64 bits per heavy atom. The van der Waals surface area contributed by atoms with Gasteiger partial charge >= 0.3 is 0 Å². The minimum absolute atomic E-state index is 0.332. The fraction of sp³-hybridized carbons (Fsp3) is 0.300. The zero-order chi connectivity index (χ0) is 10.6. The lowest BCUT2D eigenvalue weighted by Crippen LogP contribution is -2.11. The second-order valence-electron chi connectivity index (χ2n) is 3.22. The summed E-state index contributed by atoms with van der Waals surface area (Å²) in [5.41, 5.74) is 0. The third-order valence-corrected chi connectivity index (χ3v) is 1.65. The molecule has 2 N–H and O–H groups in total. The second kappa shape index (κ2) is 4.50. The predicted octanol–water partition coefficient (Wildman–Crippen LogP) is 2.41. The van der Waals surface area contributed by atoms with Crippen LogP contribution in [0.4, 0.5) is 5.82 Å². The first-order chi connectivity index (χ1) is 6.63. The van der Waals surface area contributed by atoms with Gasteiger partial charge in [-0.25, -0.2) is 0 Å². The molecule has 14 heavy (non-hydrogen) atoms. The Morgan fingerprint density at radius 2 is 2.36 bits per heavy atom. The maximum Gasteiger partial charge on any atom is 0.175 e. The molecule has 76 valence electrons. The zero-order valence-electron chi connectivity index (χ0n) is 8.50. The monoisotopic (exact) mass is 193 g/mol. The molecule has 1 aromatic heterocycles. The van der Waals surface area contributed by atoms with E-state index in [0.717, 1.165) is 5.76 Å². The van der Waals surface area contributed by atoms with Gasteiger partial charge in [-0.15, -0.1) is 0 Å². The highest BCUT2D eigenvalue weighted by molar-refractivity contribution is 5.40. The number of hydrogen-bond acceptors (Lipinski definition) is 4. The molecule has 0 aliphatic carbocycles. The van der Waals surface area contributed by atoms with Crippen LogP contribution < -0.4 is 10.6 Å². The number of nitrogens with zero attached hydrogens (tertiary/aromatic N) is 1. The first-order valence-corrected chi connectivity index (χ1v) is 4.43. The quantitative estimate of drug-likeness (QED) is 0.754. The van der Waals surface area contributed by atoms with Crippen molar-refractivity contribution in [2.75, 3.05) is 5.32 Å². The summed E-state index contributed by atoms with van der Waals surface area (Å²) >= 11 is 0. The van der Waals surface area contributed by atoms with Gasteiger partial charge in [0.15, 0.2) is 5.82 Å². The van der Waals surface area contributed by atoms with E-state index in [1.807, 2.05) is 19.9 Å². The molecule has 1 aromatic rings.